The highest BCUT2D eigenvalue weighted by Gasteiger charge is 2.38. The molecule has 0 unspecified atom stereocenters. The molecule has 0 bridgehead atoms. The summed E-state index contributed by atoms with van der Waals surface area (Å²) in [4.78, 5) is 0. The Bertz CT molecular complexity index is 441. The van der Waals surface area contributed by atoms with Crippen molar-refractivity contribution in [3.8, 4) is 17.2 Å². The Morgan fingerprint density at radius 3 is 2.88 bits per heavy atom. The summed E-state index contributed by atoms with van der Waals surface area (Å²) >= 11 is 0. The average molecular weight is 235 g/mol. The second-order valence-electron chi connectivity index (χ2n) is 4.84. The number of hydrogen-bond acceptors (Lipinski definition) is 4. The molecule has 92 valence electrons. The first-order valence-corrected chi connectivity index (χ1v) is 5.96. The van der Waals surface area contributed by atoms with Crippen molar-refractivity contribution in [2.45, 2.75) is 31.2 Å². The first kappa shape index (κ1) is 10.7. The minimum atomic E-state index is 0.0488. The minimum Gasteiger partial charge on any atom is -0.496 e. The zero-order valence-electron chi connectivity index (χ0n) is 9.99. The largest absolute Gasteiger partial charge is 0.496 e. The molecule has 1 saturated carbocycles. The van der Waals surface area contributed by atoms with Crippen molar-refractivity contribution >= 4 is 0 Å². The van der Waals surface area contributed by atoms with Gasteiger partial charge in [-0.2, -0.15) is 0 Å². The zero-order chi connectivity index (χ0) is 11.9. The van der Waals surface area contributed by atoms with Crippen LogP contribution in [0.3, 0.4) is 0 Å². The number of benzene rings is 1. The maximum Gasteiger partial charge on any atom is 0.231 e. The Balaban J connectivity index is 1.87. The molecule has 4 nitrogen and oxygen atoms in total. The normalized spacial score (nSPS) is 19.2. The monoisotopic (exact) mass is 235 g/mol. The summed E-state index contributed by atoms with van der Waals surface area (Å²) in [5.41, 5.74) is 7.25. The predicted molar refractivity (Wildman–Crippen MR) is 63.6 cm³/mol. The smallest absolute Gasteiger partial charge is 0.231 e. The van der Waals surface area contributed by atoms with Crippen LogP contribution in [-0.2, 0) is 6.42 Å². The summed E-state index contributed by atoms with van der Waals surface area (Å²) in [6.07, 6.45) is 4.11. The van der Waals surface area contributed by atoms with E-state index in [-0.39, 0.29) is 5.54 Å². The van der Waals surface area contributed by atoms with E-state index in [1.165, 1.54) is 0 Å². The Morgan fingerprint density at radius 2 is 2.18 bits per heavy atom. The Hall–Kier alpha value is -1.42. The second-order valence-corrected chi connectivity index (χ2v) is 4.84. The highest BCUT2D eigenvalue weighted by atomic mass is 16.7. The summed E-state index contributed by atoms with van der Waals surface area (Å²) < 4.78 is 16.3. The van der Waals surface area contributed by atoms with E-state index in [1.54, 1.807) is 7.11 Å². The molecule has 0 atom stereocenters. The molecule has 0 amide bonds. The summed E-state index contributed by atoms with van der Waals surface area (Å²) in [5, 5.41) is 0. The summed E-state index contributed by atoms with van der Waals surface area (Å²) in [6.45, 7) is 0.295. The van der Waals surface area contributed by atoms with E-state index in [0.29, 0.717) is 6.79 Å². The van der Waals surface area contributed by atoms with Crippen LogP contribution in [0.2, 0.25) is 0 Å². The van der Waals surface area contributed by atoms with Gasteiger partial charge in [-0.1, -0.05) is 0 Å². The molecule has 1 aliphatic heterocycles. The third kappa shape index (κ3) is 1.93. The quantitative estimate of drug-likeness (QED) is 0.865. The molecule has 1 heterocycles. The van der Waals surface area contributed by atoms with Gasteiger partial charge >= 0.3 is 0 Å². The van der Waals surface area contributed by atoms with Gasteiger partial charge in [0.05, 0.1) is 7.11 Å². The van der Waals surface area contributed by atoms with E-state index in [0.717, 1.165) is 48.5 Å². The van der Waals surface area contributed by atoms with Gasteiger partial charge in [-0.3, -0.25) is 0 Å². The van der Waals surface area contributed by atoms with E-state index in [4.69, 9.17) is 19.9 Å². The first-order valence-electron chi connectivity index (χ1n) is 5.96. The number of ether oxygens (including phenoxy) is 3. The molecule has 0 radical (unpaired) electrons. The van der Waals surface area contributed by atoms with Gasteiger partial charge in [-0.05, 0) is 37.8 Å². The topological polar surface area (TPSA) is 53.7 Å². The zero-order valence-corrected chi connectivity index (χ0v) is 9.99. The fourth-order valence-corrected chi connectivity index (χ4v) is 2.22. The lowest BCUT2D eigenvalue weighted by atomic mass is 10.0. The SMILES string of the molecule is COc1ccc2c(c1CCC1(N)CC1)OCO2. The average Bonchev–Trinajstić information content (AvgIpc) is 2.90. The molecule has 17 heavy (non-hydrogen) atoms. The van der Waals surface area contributed by atoms with E-state index < -0.39 is 0 Å². The second kappa shape index (κ2) is 3.81. The molecule has 0 aromatic heterocycles. The van der Waals surface area contributed by atoms with Crippen LogP contribution in [0.4, 0.5) is 0 Å². The van der Waals surface area contributed by atoms with Crippen LogP contribution >= 0.6 is 0 Å². The van der Waals surface area contributed by atoms with Crippen LogP contribution in [0.15, 0.2) is 12.1 Å². The predicted octanol–water partition coefficient (Wildman–Crippen LogP) is 1.85. The molecule has 2 aliphatic rings. The molecular formula is C13H17NO3. The van der Waals surface area contributed by atoms with E-state index in [1.807, 2.05) is 12.1 Å². The highest BCUT2D eigenvalue weighted by Crippen LogP contribution is 2.44. The van der Waals surface area contributed by atoms with Crippen LogP contribution in [0.1, 0.15) is 24.8 Å². The molecule has 1 aromatic carbocycles. The van der Waals surface area contributed by atoms with Crippen molar-refractivity contribution in [1.82, 2.24) is 0 Å². The maximum atomic E-state index is 6.12. The summed E-state index contributed by atoms with van der Waals surface area (Å²) in [5.74, 6) is 2.50. The van der Waals surface area contributed by atoms with Crippen molar-refractivity contribution < 1.29 is 14.2 Å². The summed E-state index contributed by atoms with van der Waals surface area (Å²) in [6, 6.07) is 3.82. The fourth-order valence-electron chi connectivity index (χ4n) is 2.22. The third-order valence-electron chi connectivity index (χ3n) is 3.58. The van der Waals surface area contributed by atoms with Gasteiger partial charge in [0.15, 0.2) is 11.5 Å². The van der Waals surface area contributed by atoms with Crippen LogP contribution in [0, 0.1) is 0 Å². The molecule has 0 spiro atoms. The standard InChI is InChI=1S/C13H17NO3/c1-15-10-2-3-11-12(17-8-16-11)9(10)4-5-13(14)6-7-13/h2-3H,4-8,14H2,1H3. The lowest BCUT2D eigenvalue weighted by Crippen LogP contribution is -2.22. The van der Waals surface area contributed by atoms with Crippen molar-refractivity contribution in [3.63, 3.8) is 0 Å². The minimum absolute atomic E-state index is 0.0488. The van der Waals surface area contributed by atoms with Crippen molar-refractivity contribution in [2.75, 3.05) is 13.9 Å². The number of nitrogens with two attached hydrogens (primary N) is 1. The molecule has 0 saturated heterocycles. The molecule has 1 aromatic rings. The lowest BCUT2D eigenvalue weighted by Gasteiger charge is -2.13. The number of methoxy groups -OCH3 is 1. The first-order chi connectivity index (χ1) is 8.22. The van der Waals surface area contributed by atoms with Crippen LogP contribution in [0.25, 0.3) is 0 Å². The Labute approximate surface area is 101 Å². The third-order valence-corrected chi connectivity index (χ3v) is 3.58. The fraction of sp³-hybridized carbons (Fsp3) is 0.538. The van der Waals surface area contributed by atoms with Crippen molar-refractivity contribution in [2.24, 2.45) is 5.73 Å². The number of fused-ring (bicyclic) bond motifs is 1. The Morgan fingerprint density at radius 1 is 1.35 bits per heavy atom. The highest BCUT2D eigenvalue weighted by molar-refractivity contribution is 5.55. The van der Waals surface area contributed by atoms with E-state index >= 15 is 0 Å². The molecule has 3 rings (SSSR count). The summed E-state index contributed by atoms with van der Waals surface area (Å²) in [7, 11) is 1.68. The van der Waals surface area contributed by atoms with Gasteiger partial charge in [0.2, 0.25) is 6.79 Å². The van der Waals surface area contributed by atoms with Gasteiger partial charge in [0.1, 0.15) is 5.75 Å². The van der Waals surface area contributed by atoms with Crippen molar-refractivity contribution in [3.05, 3.63) is 17.7 Å². The van der Waals surface area contributed by atoms with E-state index in [9.17, 15) is 0 Å². The number of hydrogen-bond donors (Lipinski definition) is 1. The van der Waals surface area contributed by atoms with E-state index in [2.05, 4.69) is 0 Å². The molecule has 1 fully saturated rings. The Kier molecular flexibility index (Phi) is 2.40. The van der Waals surface area contributed by atoms with Crippen LogP contribution < -0.4 is 19.9 Å². The molecule has 1 aliphatic carbocycles. The lowest BCUT2D eigenvalue weighted by molar-refractivity contribution is 0.173. The number of rotatable bonds is 4. The van der Waals surface area contributed by atoms with Gasteiger partial charge in [-0.15, -0.1) is 0 Å². The van der Waals surface area contributed by atoms with Gasteiger partial charge in [0.25, 0.3) is 0 Å². The van der Waals surface area contributed by atoms with Gasteiger partial charge in [-0.25, -0.2) is 0 Å². The van der Waals surface area contributed by atoms with Gasteiger partial charge < -0.3 is 19.9 Å². The molecule has 2 N–H and O–H groups in total. The van der Waals surface area contributed by atoms with Gasteiger partial charge in [0, 0.05) is 11.1 Å². The maximum absolute atomic E-state index is 6.12. The van der Waals surface area contributed by atoms with Crippen LogP contribution in [-0.4, -0.2) is 19.4 Å². The molecule has 4 heteroatoms. The van der Waals surface area contributed by atoms with Crippen molar-refractivity contribution in [1.29, 1.82) is 0 Å². The van der Waals surface area contributed by atoms with Crippen LogP contribution in [0.5, 0.6) is 17.2 Å². The molecular weight excluding hydrogens is 218 g/mol.